The predicted octanol–water partition coefficient (Wildman–Crippen LogP) is 6.33. The van der Waals surface area contributed by atoms with E-state index in [0.717, 1.165) is 0 Å². The van der Waals surface area contributed by atoms with Gasteiger partial charge in [0, 0.05) is 16.1 Å². The molecule has 2 heterocycles. The molecule has 6 nitrogen and oxygen atoms in total. The number of carbonyl (C=O) groups excluding carboxylic acids is 2. The Morgan fingerprint density at radius 2 is 1.50 bits per heavy atom. The molecule has 0 aliphatic carbocycles. The van der Waals surface area contributed by atoms with Crippen molar-refractivity contribution in [3.05, 3.63) is 105 Å². The fourth-order valence-electron chi connectivity index (χ4n) is 3.76. The number of thiocarbonyl (C=S) groups is 1. The van der Waals surface area contributed by atoms with Crippen molar-refractivity contribution in [1.29, 1.82) is 0 Å². The maximum atomic E-state index is 13.5. The lowest BCUT2D eigenvalue weighted by molar-refractivity contribution is -0.122. The summed E-state index contributed by atoms with van der Waals surface area (Å²) in [6, 6.07) is 22.9. The number of amides is 2. The summed E-state index contributed by atoms with van der Waals surface area (Å²) in [6.07, 6.45) is 1.41. The first kappa shape index (κ1) is 24.2. The van der Waals surface area contributed by atoms with Gasteiger partial charge in [-0.05, 0) is 60.8 Å². The molecule has 0 atom stereocenters. The van der Waals surface area contributed by atoms with E-state index in [-0.39, 0.29) is 15.8 Å². The summed E-state index contributed by atoms with van der Waals surface area (Å²) in [7, 11) is 0. The fraction of sp³-hybridized carbons (Fsp3) is 0. The number of hydrogen-bond donors (Lipinski definition) is 1. The van der Waals surface area contributed by atoms with Gasteiger partial charge in [0.15, 0.2) is 5.11 Å². The van der Waals surface area contributed by atoms with Crippen LogP contribution in [0.2, 0.25) is 15.2 Å². The second-order valence-electron chi connectivity index (χ2n) is 7.71. The number of nitrogens with zero attached hydrogens (tertiary/aromatic N) is 3. The van der Waals surface area contributed by atoms with Crippen LogP contribution in [-0.2, 0) is 9.59 Å². The van der Waals surface area contributed by atoms with Crippen LogP contribution in [0.5, 0.6) is 0 Å². The maximum Gasteiger partial charge on any atom is 0.270 e. The van der Waals surface area contributed by atoms with E-state index in [1.165, 1.54) is 15.7 Å². The molecule has 0 spiro atoms. The largest absolute Gasteiger partial charge is 0.298 e. The van der Waals surface area contributed by atoms with Crippen LogP contribution in [0, 0.1) is 0 Å². The molecule has 4 aromatic rings. The molecular weight excluding hydrogens is 539 g/mol. The van der Waals surface area contributed by atoms with E-state index < -0.39 is 11.8 Å². The van der Waals surface area contributed by atoms with Gasteiger partial charge in [0.2, 0.25) is 0 Å². The van der Waals surface area contributed by atoms with Crippen molar-refractivity contribution in [2.24, 2.45) is 0 Å². The van der Waals surface area contributed by atoms with Gasteiger partial charge in [-0.3, -0.25) is 19.8 Å². The van der Waals surface area contributed by atoms with E-state index in [2.05, 4.69) is 10.4 Å². The molecule has 0 bridgehead atoms. The van der Waals surface area contributed by atoms with Gasteiger partial charge in [-0.1, -0.05) is 71.2 Å². The summed E-state index contributed by atoms with van der Waals surface area (Å²) < 4.78 is 1.53. The third-order valence-electron chi connectivity index (χ3n) is 5.47. The summed E-state index contributed by atoms with van der Waals surface area (Å²) in [6.45, 7) is 0. The fourth-order valence-corrected chi connectivity index (χ4v) is 4.67. The van der Waals surface area contributed by atoms with Crippen molar-refractivity contribution >= 4 is 75.7 Å². The molecule has 5 rings (SSSR count). The average Bonchev–Trinajstić information content (AvgIpc) is 3.19. The van der Waals surface area contributed by atoms with Crippen LogP contribution in [0.4, 0.5) is 5.69 Å². The molecule has 1 aliphatic rings. The molecule has 10 heteroatoms. The predicted molar refractivity (Wildman–Crippen MR) is 147 cm³/mol. The van der Waals surface area contributed by atoms with E-state index in [0.29, 0.717) is 38.2 Å². The second kappa shape index (κ2) is 9.87. The Morgan fingerprint density at radius 3 is 2.19 bits per heavy atom. The molecule has 0 unspecified atom stereocenters. The molecule has 36 heavy (non-hydrogen) atoms. The zero-order chi connectivity index (χ0) is 25.4. The average molecular weight is 554 g/mol. The summed E-state index contributed by atoms with van der Waals surface area (Å²) >= 11 is 24.5. The number of hydrogen-bond acceptors (Lipinski definition) is 4. The van der Waals surface area contributed by atoms with Crippen LogP contribution in [0.1, 0.15) is 5.56 Å². The summed E-state index contributed by atoms with van der Waals surface area (Å²) in [5.41, 5.74) is 2.35. The van der Waals surface area contributed by atoms with Gasteiger partial charge in [-0.25, -0.2) is 4.68 Å². The Morgan fingerprint density at radius 1 is 0.833 bits per heavy atom. The van der Waals surface area contributed by atoms with Crippen LogP contribution in [0.15, 0.2) is 84.4 Å². The molecule has 0 radical (unpaired) electrons. The minimum atomic E-state index is -0.649. The van der Waals surface area contributed by atoms with Crippen molar-refractivity contribution in [2.75, 3.05) is 4.90 Å². The number of anilines is 1. The van der Waals surface area contributed by atoms with Gasteiger partial charge in [0.1, 0.15) is 16.4 Å². The van der Waals surface area contributed by atoms with E-state index in [4.69, 9.17) is 47.0 Å². The van der Waals surface area contributed by atoms with Crippen molar-refractivity contribution in [3.8, 4) is 16.9 Å². The molecule has 1 aromatic heterocycles. The van der Waals surface area contributed by atoms with Crippen molar-refractivity contribution < 1.29 is 9.59 Å². The molecular formula is C26H15Cl3N4O2S. The number of aromatic nitrogens is 2. The molecule has 1 aliphatic heterocycles. The van der Waals surface area contributed by atoms with Gasteiger partial charge in [0.25, 0.3) is 11.8 Å². The normalized spacial score (nSPS) is 14.9. The molecule has 1 N–H and O–H groups in total. The zero-order valence-electron chi connectivity index (χ0n) is 18.3. The Balaban J connectivity index is 1.68. The van der Waals surface area contributed by atoms with Gasteiger partial charge >= 0.3 is 0 Å². The minimum Gasteiger partial charge on any atom is -0.298 e. The molecule has 0 saturated carbocycles. The highest BCUT2D eigenvalue weighted by Crippen LogP contribution is 2.36. The SMILES string of the molecule is O=C1NC(=S)N(c2ccc(Cl)cc2)C(=O)C1=Cc1c(-c2ccccc2Cl)nn(-c2ccccc2)c1Cl. The number of halogens is 3. The van der Waals surface area contributed by atoms with E-state index in [9.17, 15) is 9.59 Å². The highest BCUT2D eigenvalue weighted by molar-refractivity contribution is 7.80. The van der Waals surface area contributed by atoms with Crippen LogP contribution in [-0.4, -0.2) is 26.7 Å². The second-order valence-corrected chi connectivity index (χ2v) is 9.30. The number of nitrogens with one attached hydrogen (secondary N) is 1. The number of rotatable bonds is 4. The minimum absolute atomic E-state index is 0.0399. The Bertz CT molecular complexity index is 1550. The van der Waals surface area contributed by atoms with Gasteiger partial charge in [-0.15, -0.1) is 0 Å². The lowest BCUT2D eigenvalue weighted by atomic mass is 10.0. The third kappa shape index (κ3) is 4.42. The molecule has 3 aromatic carbocycles. The van der Waals surface area contributed by atoms with Crippen LogP contribution in [0.3, 0.4) is 0 Å². The highest BCUT2D eigenvalue weighted by atomic mass is 35.5. The maximum absolute atomic E-state index is 13.5. The van der Waals surface area contributed by atoms with Crippen molar-refractivity contribution in [1.82, 2.24) is 15.1 Å². The number of para-hydroxylation sites is 1. The molecule has 1 fully saturated rings. The molecule has 1 saturated heterocycles. The Labute approximate surface area is 226 Å². The van der Waals surface area contributed by atoms with Gasteiger partial charge < -0.3 is 0 Å². The topological polar surface area (TPSA) is 67.2 Å². The number of carbonyl (C=O) groups is 2. The van der Waals surface area contributed by atoms with Crippen LogP contribution in [0.25, 0.3) is 23.0 Å². The lowest BCUT2D eigenvalue weighted by Gasteiger charge is -2.28. The molecule has 178 valence electrons. The summed E-state index contributed by atoms with van der Waals surface area (Å²) in [5, 5.41) is 8.36. The van der Waals surface area contributed by atoms with Gasteiger partial charge in [0.05, 0.1) is 16.4 Å². The first-order valence-electron chi connectivity index (χ1n) is 10.6. The zero-order valence-corrected chi connectivity index (χ0v) is 21.4. The summed E-state index contributed by atoms with van der Waals surface area (Å²) in [5.74, 6) is -1.26. The standard InChI is InChI=1S/C26H15Cl3N4O2S/c27-15-10-12-16(13-11-15)32-25(35)20(24(34)30-26(32)36)14-19-22(18-8-4-5-9-21(18)28)31-33(23(19)29)17-6-2-1-3-7-17/h1-14H,(H,30,34,36). The Hall–Kier alpha value is -3.49. The quantitative estimate of drug-likeness (QED) is 0.182. The molecule has 2 amide bonds. The third-order valence-corrected chi connectivity index (χ3v) is 6.70. The smallest absolute Gasteiger partial charge is 0.270 e. The van der Waals surface area contributed by atoms with E-state index >= 15 is 0 Å². The Kier molecular flexibility index (Phi) is 6.64. The van der Waals surface area contributed by atoms with Crippen LogP contribution < -0.4 is 10.2 Å². The van der Waals surface area contributed by atoms with Gasteiger partial charge in [-0.2, -0.15) is 5.10 Å². The highest BCUT2D eigenvalue weighted by Gasteiger charge is 2.35. The van der Waals surface area contributed by atoms with E-state index in [1.54, 1.807) is 42.5 Å². The first-order valence-corrected chi connectivity index (χ1v) is 12.1. The lowest BCUT2D eigenvalue weighted by Crippen LogP contribution is -2.54. The monoisotopic (exact) mass is 552 g/mol. The number of benzene rings is 3. The summed E-state index contributed by atoms with van der Waals surface area (Å²) in [4.78, 5) is 27.7. The van der Waals surface area contributed by atoms with Crippen molar-refractivity contribution in [2.45, 2.75) is 0 Å². The van der Waals surface area contributed by atoms with E-state index in [1.807, 2.05) is 36.4 Å². The van der Waals surface area contributed by atoms with Crippen molar-refractivity contribution in [3.63, 3.8) is 0 Å². The first-order chi connectivity index (χ1) is 17.3. The van der Waals surface area contributed by atoms with Crippen LogP contribution >= 0.6 is 47.0 Å².